The number of hydrogen-bond donors (Lipinski definition) is 0. The topological polar surface area (TPSA) is 44.1 Å². The van der Waals surface area contributed by atoms with Gasteiger partial charge in [-0.3, -0.25) is 0 Å². The van der Waals surface area contributed by atoms with Gasteiger partial charge in [-0.15, -0.1) is 0 Å². The van der Waals surface area contributed by atoms with Crippen molar-refractivity contribution in [3.05, 3.63) is 90.5 Å². The summed E-state index contributed by atoms with van der Waals surface area (Å²) in [6.45, 7) is 0. The van der Waals surface area contributed by atoms with Gasteiger partial charge in [-0.05, 0) is 11.1 Å². The normalized spacial score (nSPS) is 10.5. The van der Waals surface area contributed by atoms with Crippen molar-refractivity contribution in [3.8, 4) is 0 Å². The van der Waals surface area contributed by atoms with Crippen LogP contribution >= 0.6 is 0 Å². The van der Waals surface area contributed by atoms with E-state index < -0.39 is 12.2 Å². The van der Waals surface area contributed by atoms with Crippen LogP contribution in [0.3, 0.4) is 0 Å². The van der Waals surface area contributed by atoms with Gasteiger partial charge in [0.25, 0.3) is 0 Å². The minimum Gasteiger partial charge on any atom is -0.436 e. The van der Waals surface area contributed by atoms with Gasteiger partial charge in [0.2, 0.25) is 0 Å². The van der Waals surface area contributed by atoms with Gasteiger partial charge < -0.3 is 4.74 Å². The number of carbonyl (C=O) groups is 1. The molecule has 4 heteroatoms. The third-order valence-electron chi connectivity index (χ3n) is 3.14. The lowest BCUT2D eigenvalue weighted by molar-refractivity contribution is 0.118. The number of ether oxygens (including phenoxy) is 1. The van der Waals surface area contributed by atoms with Crippen molar-refractivity contribution in [1.82, 2.24) is 9.55 Å². The molecule has 0 aliphatic rings. The molecule has 0 saturated carbocycles. The first-order valence-corrected chi connectivity index (χ1v) is 6.63. The highest BCUT2D eigenvalue weighted by Gasteiger charge is 2.19. The van der Waals surface area contributed by atoms with Crippen LogP contribution in [0.25, 0.3) is 0 Å². The first kappa shape index (κ1) is 13.1. The van der Waals surface area contributed by atoms with Crippen LogP contribution in [0.1, 0.15) is 17.2 Å². The molecule has 2 aromatic carbocycles. The van der Waals surface area contributed by atoms with E-state index in [4.69, 9.17) is 4.74 Å². The Morgan fingerprint density at radius 3 is 2.00 bits per heavy atom. The lowest BCUT2D eigenvalue weighted by Gasteiger charge is -2.18. The van der Waals surface area contributed by atoms with Crippen molar-refractivity contribution < 1.29 is 9.53 Å². The van der Waals surface area contributed by atoms with E-state index in [1.165, 1.54) is 10.9 Å². The summed E-state index contributed by atoms with van der Waals surface area (Å²) in [5.74, 6) is 0. The van der Waals surface area contributed by atoms with Crippen LogP contribution in [0, 0.1) is 0 Å². The zero-order valence-corrected chi connectivity index (χ0v) is 11.3. The number of hydrogen-bond acceptors (Lipinski definition) is 3. The molecule has 0 bridgehead atoms. The lowest BCUT2D eigenvalue weighted by atomic mass is 10.0. The van der Waals surface area contributed by atoms with Crippen molar-refractivity contribution in [2.45, 2.75) is 6.10 Å². The second-order valence-corrected chi connectivity index (χ2v) is 4.56. The summed E-state index contributed by atoms with van der Waals surface area (Å²) in [5.41, 5.74) is 1.86. The molecule has 0 aliphatic heterocycles. The first-order chi connectivity index (χ1) is 10.3. The molecule has 0 aliphatic carbocycles. The van der Waals surface area contributed by atoms with Crippen LogP contribution in [0.5, 0.6) is 0 Å². The maximum Gasteiger partial charge on any atom is 0.420 e. The number of benzene rings is 2. The van der Waals surface area contributed by atoms with Crippen LogP contribution < -0.4 is 0 Å². The first-order valence-electron chi connectivity index (χ1n) is 6.63. The van der Waals surface area contributed by atoms with E-state index >= 15 is 0 Å². The smallest absolute Gasteiger partial charge is 0.420 e. The molecule has 0 atom stereocenters. The maximum absolute atomic E-state index is 12.2. The third kappa shape index (κ3) is 3.00. The highest BCUT2D eigenvalue weighted by molar-refractivity contribution is 5.70. The Hall–Kier alpha value is -2.88. The summed E-state index contributed by atoms with van der Waals surface area (Å²) in [4.78, 5) is 16.0. The number of carbonyl (C=O) groups excluding carboxylic acids is 1. The molecule has 0 amide bonds. The molecule has 3 aromatic rings. The Morgan fingerprint density at radius 1 is 0.952 bits per heavy atom. The highest BCUT2D eigenvalue weighted by atomic mass is 16.6. The third-order valence-corrected chi connectivity index (χ3v) is 3.14. The van der Waals surface area contributed by atoms with E-state index in [0.29, 0.717) is 0 Å². The minimum atomic E-state index is -0.454. The fraction of sp³-hybridized carbons (Fsp3) is 0.0588. The minimum absolute atomic E-state index is 0.442. The van der Waals surface area contributed by atoms with E-state index in [-0.39, 0.29) is 0 Å². The monoisotopic (exact) mass is 278 g/mol. The van der Waals surface area contributed by atoms with Crippen LogP contribution in [-0.4, -0.2) is 15.6 Å². The summed E-state index contributed by atoms with van der Waals surface area (Å²) in [5, 5.41) is 0. The van der Waals surface area contributed by atoms with Gasteiger partial charge in [0.15, 0.2) is 6.10 Å². The van der Waals surface area contributed by atoms with Gasteiger partial charge in [-0.2, -0.15) is 0 Å². The van der Waals surface area contributed by atoms with Crippen LogP contribution in [0.4, 0.5) is 4.79 Å². The van der Waals surface area contributed by atoms with E-state index in [9.17, 15) is 4.79 Å². The summed E-state index contributed by atoms with van der Waals surface area (Å²) in [6, 6.07) is 19.3. The fourth-order valence-corrected chi connectivity index (χ4v) is 2.11. The Bertz CT molecular complexity index is 655. The highest BCUT2D eigenvalue weighted by Crippen LogP contribution is 2.26. The van der Waals surface area contributed by atoms with Crippen molar-refractivity contribution >= 4 is 6.09 Å². The van der Waals surface area contributed by atoms with E-state index in [2.05, 4.69) is 4.98 Å². The van der Waals surface area contributed by atoms with E-state index in [1.807, 2.05) is 60.7 Å². The molecule has 0 N–H and O–H groups in total. The van der Waals surface area contributed by atoms with E-state index in [0.717, 1.165) is 11.1 Å². The Balaban J connectivity index is 1.92. The summed E-state index contributed by atoms with van der Waals surface area (Å²) >= 11 is 0. The molecular weight excluding hydrogens is 264 g/mol. The maximum atomic E-state index is 12.2. The lowest BCUT2D eigenvalue weighted by Crippen LogP contribution is -2.17. The van der Waals surface area contributed by atoms with Crippen molar-refractivity contribution in [1.29, 1.82) is 0 Å². The fourth-order valence-electron chi connectivity index (χ4n) is 2.11. The molecule has 0 saturated heterocycles. The van der Waals surface area contributed by atoms with E-state index in [1.54, 1.807) is 12.4 Å². The predicted molar refractivity (Wildman–Crippen MR) is 78.8 cm³/mol. The Labute approximate surface area is 122 Å². The molecule has 21 heavy (non-hydrogen) atoms. The van der Waals surface area contributed by atoms with Crippen molar-refractivity contribution in [2.75, 3.05) is 0 Å². The molecule has 104 valence electrons. The second-order valence-electron chi connectivity index (χ2n) is 4.56. The molecular formula is C17H14N2O2. The molecule has 1 aromatic heterocycles. The molecule has 0 spiro atoms. The zero-order chi connectivity index (χ0) is 14.5. The standard InChI is InChI=1S/C17H14N2O2/c20-17(19-12-11-18-13-19)21-16(14-7-3-1-4-8-14)15-9-5-2-6-10-15/h1-13,16H. The number of nitrogens with zero attached hydrogens (tertiary/aromatic N) is 2. The summed E-state index contributed by atoms with van der Waals surface area (Å²) < 4.78 is 6.97. The summed E-state index contributed by atoms with van der Waals surface area (Å²) in [6.07, 6.45) is 3.64. The van der Waals surface area contributed by atoms with Gasteiger partial charge in [0.05, 0.1) is 0 Å². The number of rotatable bonds is 3. The molecule has 0 radical (unpaired) electrons. The van der Waals surface area contributed by atoms with Gasteiger partial charge in [-0.1, -0.05) is 60.7 Å². The van der Waals surface area contributed by atoms with Gasteiger partial charge in [-0.25, -0.2) is 14.3 Å². The van der Waals surface area contributed by atoms with Crippen molar-refractivity contribution in [3.63, 3.8) is 0 Å². The summed E-state index contributed by atoms with van der Waals surface area (Å²) in [7, 11) is 0. The number of aromatic nitrogens is 2. The average Bonchev–Trinajstić information content (AvgIpc) is 3.09. The Kier molecular flexibility index (Phi) is 3.78. The van der Waals surface area contributed by atoms with Crippen LogP contribution in [-0.2, 0) is 4.74 Å². The average molecular weight is 278 g/mol. The van der Waals surface area contributed by atoms with Gasteiger partial charge in [0.1, 0.15) is 6.33 Å². The molecule has 0 unspecified atom stereocenters. The second kappa shape index (κ2) is 6.05. The molecule has 4 nitrogen and oxygen atoms in total. The van der Waals surface area contributed by atoms with Crippen LogP contribution in [0.15, 0.2) is 79.4 Å². The number of imidazole rings is 1. The SMILES string of the molecule is O=C(OC(c1ccccc1)c1ccccc1)n1ccnc1. The largest absolute Gasteiger partial charge is 0.436 e. The van der Waals surface area contributed by atoms with Crippen molar-refractivity contribution in [2.24, 2.45) is 0 Å². The molecule has 0 fully saturated rings. The quantitative estimate of drug-likeness (QED) is 0.734. The predicted octanol–water partition coefficient (Wildman–Crippen LogP) is 3.66. The van der Waals surface area contributed by atoms with Gasteiger partial charge >= 0.3 is 6.09 Å². The molecule has 1 heterocycles. The zero-order valence-electron chi connectivity index (χ0n) is 11.3. The molecule has 3 rings (SSSR count). The van der Waals surface area contributed by atoms with Gasteiger partial charge in [0, 0.05) is 12.4 Å². The van der Waals surface area contributed by atoms with Crippen LogP contribution in [0.2, 0.25) is 0 Å². The Morgan fingerprint density at radius 2 is 1.52 bits per heavy atom.